The zero-order chi connectivity index (χ0) is 13.3. The maximum Gasteiger partial charge on any atom is 0.411 e. The van der Waals surface area contributed by atoms with E-state index in [4.69, 9.17) is 4.42 Å². The molecule has 1 aromatic rings. The number of nitrogens with one attached hydrogen (secondary N) is 1. The Morgan fingerprint density at radius 2 is 1.94 bits per heavy atom. The summed E-state index contributed by atoms with van der Waals surface area (Å²) in [5.41, 5.74) is 0. The van der Waals surface area contributed by atoms with Crippen LogP contribution in [0.3, 0.4) is 0 Å². The van der Waals surface area contributed by atoms with Crippen LogP contribution in [0.5, 0.6) is 0 Å². The summed E-state index contributed by atoms with van der Waals surface area (Å²) in [6, 6.07) is 0.499. The molecule has 17 heavy (non-hydrogen) atoms. The Kier molecular flexibility index (Phi) is 4.03. The number of hydrogen-bond donors (Lipinski definition) is 1. The van der Waals surface area contributed by atoms with Crippen molar-refractivity contribution in [2.24, 2.45) is 0 Å². The summed E-state index contributed by atoms with van der Waals surface area (Å²) in [6.45, 7) is 4.77. The highest BCUT2D eigenvalue weighted by Crippen LogP contribution is 2.33. The van der Waals surface area contributed by atoms with Crippen molar-refractivity contribution in [3.63, 3.8) is 0 Å². The van der Waals surface area contributed by atoms with Crippen molar-refractivity contribution in [3.8, 4) is 0 Å². The van der Waals surface area contributed by atoms with Gasteiger partial charge >= 0.3 is 6.18 Å². The first kappa shape index (κ1) is 14.2. The molecule has 7 heteroatoms. The van der Waals surface area contributed by atoms with Gasteiger partial charge in [0.25, 0.3) is 0 Å². The predicted octanol–water partition coefficient (Wildman–Crippen LogP) is 2.93. The second-order valence-electron chi connectivity index (χ2n) is 4.49. The number of halogens is 3. The summed E-state index contributed by atoms with van der Waals surface area (Å²) in [4.78, 5) is 0. The third kappa shape index (κ3) is 3.85. The molecule has 0 amide bonds. The van der Waals surface area contributed by atoms with E-state index in [1.807, 2.05) is 0 Å². The van der Waals surface area contributed by atoms with E-state index in [2.05, 4.69) is 4.72 Å². The van der Waals surface area contributed by atoms with Crippen molar-refractivity contribution >= 4 is 11.0 Å². The zero-order valence-electron chi connectivity index (χ0n) is 9.67. The van der Waals surface area contributed by atoms with Crippen LogP contribution in [-0.4, -0.2) is 15.1 Å². The minimum absolute atomic E-state index is 0.296. The molecule has 1 aromatic heterocycles. The fourth-order valence-corrected chi connectivity index (χ4v) is 1.84. The lowest BCUT2D eigenvalue weighted by molar-refractivity contribution is -0.156. The van der Waals surface area contributed by atoms with Crippen molar-refractivity contribution < 1.29 is 21.8 Å². The van der Waals surface area contributed by atoms with E-state index in [0.29, 0.717) is 0 Å². The maximum atomic E-state index is 12.8. The molecule has 1 heterocycles. The summed E-state index contributed by atoms with van der Waals surface area (Å²) in [5.74, 6) is -0.296. The average Bonchev–Trinajstić information content (AvgIpc) is 2.62. The van der Waals surface area contributed by atoms with Crippen molar-refractivity contribution in [2.75, 3.05) is 0 Å². The molecule has 0 saturated carbocycles. The Hall–Kier alpha value is -0.820. The summed E-state index contributed by atoms with van der Waals surface area (Å²) in [5, 5.41) is 0. The molecule has 0 aliphatic rings. The smallest absolute Gasteiger partial charge is 0.411 e. The van der Waals surface area contributed by atoms with Crippen LogP contribution in [0.25, 0.3) is 0 Å². The highest BCUT2D eigenvalue weighted by Gasteiger charge is 2.44. The summed E-state index contributed by atoms with van der Waals surface area (Å²) >= 11 is 0. The Balaban J connectivity index is 2.92. The average molecular weight is 269 g/mol. The number of furan rings is 1. The van der Waals surface area contributed by atoms with Crippen LogP contribution >= 0.6 is 0 Å². The molecular weight excluding hydrogens is 255 g/mol. The monoisotopic (exact) mass is 269 g/mol. The molecule has 0 spiro atoms. The zero-order valence-corrected chi connectivity index (χ0v) is 10.5. The van der Waals surface area contributed by atoms with Gasteiger partial charge in [-0.1, -0.05) is 0 Å². The summed E-state index contributed by atoms with van der Waals surface area (Å²) < 4.78 is 56.0. The van der Waals surface area contributed by atoms with Gasteiger partial charge in [0.05, 0.1) is 22.0 Å². The highest BCUT2D eigenvalue weighted by molar-refractivity contribution is 7.84. The highest BCUT2D eigenvalue weighted by atomic mass is 32.2. The van der Waals surface area contributed by atoms with Crippen molar-refractivity contribution in [1.29, 1.82) is 0 Å². The second-order valence-corrected chi connectivity index (χ2v) is 6.49. The lowest BCUT2D eigenvalue weighted by Crippen LogP contribution is -2.41. The van der Waals surface area contributed by atoms with Crippen LogP contribution in [0.1, 0.15) is 32.6 Å². The molecule has 0 saturated heterocycles. The first-order valence-electron chi connectivity index (χ1n) is 4.90. The van der Waals surface area contributed by atoms with E-state index in [1.165, 1.54) is 12.1 Å². The number of hydrogen-bond acceptors (Lipinski definition) is 2. The van der Waals surface area contributed by atoms with Gasteiger partial charge in [-0.15, -0.1) is 0 Å². The molecule has 3 nitrogen and oxygen atoms in total. The van der Waals surface area contributed by atoms with Crippen LogP contribution in [0.2, 0.25) is 0 Å². The van der Waals surface area contributed by atoms with Crippen molar-refractivity contribution in [3.05, 3.63) is 24.2 Å². The van der Waals surface area contributed by atoms with E-state index >= 15 is 0 Å². The molecule has 0 aliphatic carbocycles. The standard InChI is InChI=1S/C10H14F3NO2S/c1-9(2,3)17(15)14-8(10(11,12)13)7-5-4-6-16-7/h4-6,8,14H,1-3H3/t8-,17+/m0/s1. The summed E-state index contributed by atoms with van der Waals surface area (Å²) in [6.07, 6.45) is -3.41. The SMILES string of the molecule is CC(C)(C)[S@@](=O)N[C@@H](c1ccco1)C(F)(F)F. The lowest BCUT2D eigenvalue weighted by atomic mass is 10.2. The molecule has 1 N–H and O–H groups in total. The fourth-order valence-electron chi connectivity index (χ4n) is 1.03. The minimum Gasteiger partial charge on any atom is -0.467 e. The number of rotatable bonds is 3. The van der Waals surface area contributed by atoms with Crippen LogP contribution in [0.15, 0.2) is 22.8 Å². The normalized spacial score (nSPS) is 16.8. The Bertz CT molecular complexity index is 381. The third-order valence-electron chi connectivity index (χ3n) is 1.94. The topological polar surface area (TPSA) is 42.2 Å². The molecular formula is C10H14F3NO2S. The molecule has 0 radical (unpaired) electrons. The van der Waals surface area contributed by atoms with Crippen LogP contribution in [-0.2, 0) is 11.0 Å². The van der Waals surface area contributed by atoms with Crippen LogP contribution in [0.4, 0.5) is 13.2 Å². The van der Waals surface area contributed by atoms with Crippen molar-refractivity contribution in [2.45, 2.75) is 37.7 Å². The summed E-state index contributed by atoms with van der Waals surface area (Å²) in [7, 11) is -1.83. The number of alkyl halides is 3. The van der Waals surface area contributed by atoms with Gasteiger partial charge in [-0.3, -0.25) is 0 Å². The van der Waals surface area contributed by atoms with E-state index in [1.54, 1.807) is 20.8 Å². The Morgan fingerprint density at radius 3 is 2.29 bits per heavy atom. The van der Waals surface area contributed by atoms with Crippen LogP contribution < -0.4 is 4.72 Å². The quantitative estimate of drug-likeness (QED) is 0.916. The minimum atomic E-state index is -4.56. The largest absolute Gasteiger partial charge is 0.467 e. The molecule has 0 bridgehead atoms. The van der Waals surface area contributed by atoms with Gasteiger partial charge < -0.3 is 4.42 Å². The first-order chi connectivity index (χ1) is 7.62. The van der Waals surface area contributed by atoms with Crippen molar-refractivity contribution in [1.82, 2.24) is 4.72 Å². The molecule has 0 fully saturated rings. The van der Waals surface area contributed by atoms with E-state index < -0.39 is 28.0 Å². The molecule has 0 aliphatic heterocycles. The van der Waals surface area contributed by atoms with Crippen LogP contribution in [0, 0.1) is 0 Å². The lowest BCUT2D eigenvalue weighted by Gasteiger charge is -2.24. The van der Waals surface area contributed by atoms with Gasteiger partial charge in [-0.05, 0) is 32.9 Å². The van der Waals surface area contributed by atoms with Gasteiger partial charge in [0, 0.05) is 0 Å². The van der Waals surface area contributed by atoms with Gasteiger partial charge in [0.2, 0.25) is 0 Å². The molecule has 0 aromatic carbocycles. The maximum absolute atomic E-state index is 12.8. The van der Waals surface area contributed by atoms with Gasteiger partial charge in [0.1, 0.15) is 5.76 Å². The Morgan fingerprint density at radius 1 is 1.35 bits per heavy atom. The molecule has 0 unspecified atom stereocenters. The Labute approximate surface area is 100.0 Å². The molecule has 98 valence electrons. The van der Waals surface area contributed by atoms with E-state index in [0.717, 1.165) is 6.26 Å². The van der Waals surface area contributed by atoms with E-state index in [9.17, 15) is 17.4 Å². The predicted molar refractivity (Wildman–Crippen MR) is 58.5 cm³/mol. The van der Waals surface area contributed by atoms with Gasteiger partial charge in [-0.25, -0.2) is 8.93 Å². The second kappa shape index (κ2) is 4.81. The third-order valence-corrected chi connectivity index (χ3v) is 3.50. The van der Waals surface area contributed by atoms with Gasteiger partial charge in [-0.2, -0.15) is 13.2 Å². The first-order valence-corrected chi connectivity index (χ1v) is 6.05. The molecule has 2 atom stereocenters. The fraction of sp³-hybridized carbons (Fsp3) is 0.600. The molecule has 1 rings (SSSR count). The van der Waals surface area contributed by atoms with E-state index in [-0.39, 0.29) is 5.76 Å². The van der Waals surface area contributed by atoms with Gasteiger partial charge in [0.15, 0.2) is 6.04 Å².